The maximum absolute atomic E-state index is 12.8. The Morgan fingerprint density at radius 3 is 2.60 bits per heavy atom. The lowest BCUT2D eigenvalue weighted by molar-refractivity contribution is 0.0708. The number of carbonyl (C=O) groups is 1. The van der Waals surface area contributed by atoms with Gasteiger partial charge in [0, 0.05) is 59.3 Å². The Kier molecular flexibility index (Phi) is 8.05. The standard InChI is InChI=1S/C27H33N5O2S/c1-19-18-32(16-15-28-19)25(33)21-4-8-22(9-5-21)30-26-29-14-12-24(31-26)20-6-10-23(11-7-20)35-17-13-27(2,3)34/h4-12,14,19,28,34H,13,15-18H2,1-3H3,(H,29,30,31)/t19-/m1/s1. The van der Waals surface area contributed by atoms with Gasteiger partial charge in [0.2, 0.25) is 5.95 Å². The molecule has 1 aliphatic rings. The highest BCUT2D eigenvalue weighted by molar-refractivity contribution is 7.99. The molecule has 4 rings (SSSR count). The largest absolute Gasteiger partial charge is 0.390 e. The van der Waals surface area contributed by atoms with Crippen molar-refractivity contribution in [2.75, 3.05) is 30.7 Å². The van der Waals surface area contributed by atoms with Gasteiger partial charge in [-0.2, -0.15) is 0 Å². The maximum Gasteiger partial charge on any atom is 0.253 e. The molecule has 1 aromatic heterocycles. The molecule has 0 unspecified atom stereocenters. The SMILES string of the molecule is C[C@@H]1CN(C(=O)c2ccc(Nc3nccc(-c4ccc(SCCC(C)(C)O)cc4)n3)cc2)CCN1. The lowest BCUT2D eigenvalue weighted by Crippen LogP contribution is -2.51. The number of nitrogens with one attached hydrogen (secondary N) is 2. The molecule has 3 N–H and O–H groups in total. The Balaban J connectivity index is 1.37. The number of anilines is 2. The van der Waals surface area contributed by atoms with E-state index >= 15 is 0 Å². The molecule has 1 saturated heterocycles. The zero-order valence-electron chi connectivity index (χ0n) is 20.5. The summed E-state index contributed by atoms with van der Waals surface area (Å²) in [6.45, 7) is 8.03. The first-order valence-corrected chi connectivity index (χ1v) is 12.9. The Bertz CT molecular complexity index is 1130. The van der Waals surface area contributed by atoms with Crippen molar-refractivity contribution in [2.45, 2.75) is 43.7 Å². The number of aromatic nitrogens is 2. The van der Waals surface area contributed by atoms with E-state index in [0.717, 1.165) is 53.6 Å². The number of nitrogens with zero attached hydrogens (tertiary/aromatic N) is 3. The van der Waals surface area contributed by atoms with Crippen molar-refractivity contribution in [3.8, 4) is 11.3 Å². The number of piperazine rings is 1. The smallest absolute Gasteiger partial charge is 0.253 e. The Morgan fingerprint density at radius 1 is 1.17 bits per heavy atom. The summed E-state index contributed by atoms with van der Waals surface area (Å²) >= 11 is 1.73. The highest BCUT2D eigenvalue weighted by Crippen LogP contribution is 2.26. The number of aliphatic hydroxyl groups is 1. The number of hydrogen-bond donors (Lipinski definition) is 3. The summed E-state index contributed by atoms with van der Waals surface area (Å²) in [5, 5.41) is 16.5. The van der Waals surface area contributed by atoms with Crippen molar-refractivity contribution in [3.63, 3.8) is 0 Å². The van der Waals surface area contributed by atoms with Crippen LogP contribution in [0.4, 0.5) is 11.6 Å². The molecule has 1 amide bonds. The predicted molar refractivity (Wildman–Crippen MR) is 142 cm³/mol. The number of carbonyl (C=O) groups excluding carboxylic acids is 1. The van der Waals surface area contributed by atoms with Crippen molar-refractivity contribution in [3.05, 3.63) is 66.4 Å². The van der Waals surface area contributed by atoms with Crippen LogP contribution in [0.15, 0.2) is 65.7 Å². The van der Waals surface area contributed by atoms with Crippen LogP contribution in [-0.2, 0) is 0 Å². The summed E-state index contributed by atoms with van der Waals surface area (Å²) < 4.78 is 0. The quantitative estimate of drug-likeness (QED) is 0.398. The number of thioether (sulfide) groups is 1. The first-order valence-electron chi connectivity index (χ1n) is 12.0. The normalized spacial score (nSPS) is 16.2. The first-order chi connectivity index (χ1) is 16.8. The van der Waals surface area contributed by atoms with Crippen LogP contribution in [0.1, 0.15) is 37.6 Å². The maximum atomic E-state index is 12.8. The molecule has 1 atom stereocenters. The second-order valence-electron chi connectivity index (χ2n) is 9.51. The third-order valence-electron chi connectivity index (χ3n) is 5.83. The summed E-state index contributed by atoms with van der Waals surface area (Å²) in [7, 11) is 0. The van der Waals surface area contributed by atoms with Gasteiger partial charge in [-0.3, -0.25) is 4.79 Å². The van der Waals surface area contributed by atoms with Gasteiger partial charge < -0.3 is 20.6 Å². The molecule has 184 valence electrons. The zero-order valence-corrected chi connectivity index (χ0v) is 21.3. The lowest BCUT2D eigenvalue weighted by atomic mass is 10.1. The lowest BCUT2D eigenvalue weighted by Gasteiger charge is -2.32. The van der Waals surface area contributed by atoms with Crippen molar-refractivity contribution in [1.82, 2.24) is 20.2 Å². The van der Waals surface area contributed by atoms with Crippen molar-refractivity contribution in [2.24, 2.45) is 0 Å². The third-order valence-corrected chi connectivity index (χ3v) is 6.85. The van der Waals surface area contributed by atoms with Gasteiger partial charge in [-0.05, 0) is 69.7 Å². The summed E-state index contributed by atoms with van der Waals surface area (Å²) in [5.41, 5.74) is 2.70. The van der Waals surface area contributed by atoms with E-state index in [4.69, 9.17) is 0 Å². The Hall–Kier alpha value is -2.94. The minimum atomic E-state index is -0.642. The Morgan fingerprint density at radius 2 is 1.91 bits per heavy atom. The van der Waals surface area contributed by atoms with Crippen LogP contribution in [0.25, 0.3) is 11.3 Å². The average molecular weight is 492 g/mol. The van der Waals surface area contributed by atoms with Crippen molar-refractivity contribution >= 4 is 29.3 Å². The highest BCUT2D eigenvalue weighted by Gasteiger charge is 2.21. The summed E-state index contributed by atoms with van der Waals surface area (Å²) in [5.74, 6) is 1.43. The molecule has 1 aliphatic heterocycles. The molecule has 35 heavy (non-hydrogen) atoms. The minimum Gasteiger partial charge on any atom is -0.390 e. The number of benzene rings is 2. The van der Waals surface area contributed by atoms with Crippen LogP contribution in [0, 0.1) is 0 Å². The van der Waals surface area contributed by atoms with Crippen LogP contribution in [0.2, 0.25) is 0 Å². The van der Waals surface area contributed by atoms with Crippen LogP contribution in [0.5, 0.6) is 0 Å². The van der Waals surface area contributed by atoms with Gasteiger partial charge in [-0.15, -0.1) is 11.8 Å². The average Bonchev–Trinajstić information content (AvgIpc) is 2.84. The number of hydrogen-bond acceptors (Lipinski definition) is 7. The summed E-state index contributed by atoms with van der Waals surface area (Å²) in [6.07, 6.45) is 2.48. The van der Waals surface area contributed by atoms with Crippen LogP contribution < -0.4 is 10.6 Å². The molecule has 0 radical (unpaired) electrons. The van der Waals surface area contributed by atoms with E-state index in [0.29, 0.717) is 17.6 Å². The summed E-state index contributed by atoms with van der Waals surface area (Å²) in [4.78, 5) is 24.8. The minimum absolute atomic E-state index is 0.0600. The molecule has 0 aliphatic carbocycles. The molecule has 3 aromatic rings. The van der Waals surface area contributed by atoms with E-state index in [1.165, 1.54) is 0 Å². The van der Waals surface area contributed by atoms with Gasteiger partial charge in [0.05, 0.1) is 11.3 Å². The van der Waals surface area contributed by atoms with E-state index in [1.807, 2.05) is 49.1 Å². The molecular weight excluding hydrogens is 458 g/mol. The Labute approximate surface area is 211 Å². The molecule has 0 bridgehead atoms. The first kappa shape index (κ1) is 25.2. The predicted octanol–water partition coefficient (Wildman–Crippen LogP) is 4.57. The van der Waals surface area contributed by atoms with E-state index in [-0.39, 0.29) is 5.91 Å². The zero-order chi connectivity index (χ0) is 24.8. The van der Waals surface area contributed by atoms with Gasteiger partial charge in [-0.25, -0.2) is 9.97 Å². The van der Waals surface area contributed by atoms with E-state index < -0.39 is 5.60 Å². The second-order valence-corrected chi connectivity index (χ2v) is 10.7. The third kappa shape index (κ3) is 7.27. The molecular formula is C27H33N5O2S. The van der Waals surface area contributed by atoms with Gasteiger partial charge >= 0.3 is 0 Å². The molecule has 2 heterocycles. The summed E-state index contributed by atoms with van der Waals surface area (Å²) in [6, 6.07) is 17.9. The fourth-order valence-corrected chi connectivity index (χ4v) is 5.01. The van der Waals surface area contributed by atoms with Crippen LogP contribution in [-0.4, -0.2) is 62.9 Å². The van der Waals surface area contributed by atoms with Gasteiger partial charge in [0.15, 0.2) is 0 Å². The van der Waals surface area contributed by atoms with Crippen LogP contribution >= 0.6 is 11.8 Å². The monoisotopic (exact) mass is 491 g/mol. The molecule has 7 nitrogen and oxygen atoms in total. The van der Waals surface area contributed by atoms with Crippen molar-refractivity contribution in [1.29, 1.82) is 0 Å². The number of rotatable bonds is 8. The fraction of sp³-hybridized carbons (Fsp3) is 0.370. The van der Waals surface area contributed by atoms with Gasteiger partial charge in [0.25, 0.3) is 5.91 Å². The van der Waals surface area contributed by atoms with Gasteiger partial charge in [-0.1, -0.05) is 12.1 Å². The molecule has 0 saturated carbocycles. The van der Waals surface area contributed by atoms with Crippen LogP contribution in [0.3, 0.4) is 0 Å². The highest BCUT2D eigenvalue weighted by atomic mass is 32.2. The topological polar surface area (TPSA) is 90.4 Å². The molecule has 2 aromatic carbocycles. The number of amides is 1. The fourth-order valence-electron chi connectivity index (χ4n) is 3.84. The molecule has 8 heteroatoms. The van der Waals surface area contributed by atoms with Gasteiger partial charge in [0.1, 0.15) is 0 Å². The van der Waals surface area contributed by atoms with E-state index in [2.05, 4.69) is 51.8 Å². The van der Waals surface area contributed by atoms with E-state index in [9.17, 15) is 9.90 Å². The second kappa shape index (κ2) is 11.2. The molecule has 0 spiro atoms. The molecule has 1 fully saturated rings. The van der Waals surface area contributed by atoms with Crippen molar-refractivity contribution < 1.29 is 9.90 Å². The van der Waals surface area contributed by atoms with E-state index in [1.54, 1.807) is 18.0 Å².